The quantitative estimate of drug-likeness (QED) is 0.735. The van der Waals surface area contributed by atoms with Crippen molar-refractivity contribution in [1.82, 2.24) is 5.32 Å². The van der Waals surface area contributed by atoms with Gasteiger partial charge >= 0.3 is 5.97 Å². The lowest BCUT2D eigenvalue weighted by atomic mass is 10.1. The number of carboxylic acid groups (broad SMARTS) is 1. The lowest BCUT2D eigenvalue weighted by molar-refractivity contribution is -0.136. The van der Waals surface area contributed by atoms with Gasteiger partial charge in [0.15, 0.2) is 0 Å². The first-order valence-corrected chi connectivity index (χ1v) is 4.75. The topological polar surface area (TPSA) is 73.1 Å². The highest BCUT2D eigenvalue weighted by atomic mass is 19.1. The smallest absolute Gasteiger partial charge is 0.304 e. The molecule has 5 heteroatoms. The molecule has 1 rings (SSSR count). The Morgan fingerprint density at radius 2 is 2.31 bits per heavy atom. The summed E-state index contributed by atoms with van der Waals surface area (Å²) < 4.78 is 13.5. The molecule has 0 aliphatic carbocycles. The number of nitrogens with one attached hydrogen (secondary N) is 1. The molecule has 2 N–H and O–H groups in total. The largest absolute Gasteiger partial charge is 0.481 e. The number of nitriles is 1. The van der Waals surface area contributed by atoms with Crippen LogP contribution < -0.4 is 5.32 Å². The van der Waals surface area contributed by atoms with Gasteiger partial charge in [-0.2, -0.15) is 5.26 Å². The third-order valence-electron chi connectivity index (χ3n) is 2.03. The van der Waals surface area contributed by atoms with Crippen LogP contribution in [0.4, 0.5) is 4.39 Å². The first kappa shape index (κ1) is 12.1. The fourth-order valence-corrected chi connectivity index (χ4v) is 1.22. The van der Waals surface area contributed by atoms with E-state index in [1.807, 2.05) is 0 Å². The van der Waals surface area contributed by atoms with Gasteiger partial charge in [0.25, 0.3) is 0 Å². The van der Waals surface area contributed by atoms with Gasteiger partial charge in [-0.05, 0) is 6.07 Å². The van der Waals surface area contributed by atoms with E-state index in [0.717, 1.165) is 0 Å². The Bertz CT molecular complexity index is 426. The van der Waals surface area contributed by atoms with Crippen LogP contribution in [0.3, 0.4) is 0 Å². The minimum atomic E-state index is -0.904. The van der Waals surface area contributed by atoms with E-state index in [-0.39, 0.29) is 25.1 Å². The molecule has 0 saturated heterocycles. The Kier molecular flexibility index (Phi) is 4.42. The molecule has 0 amide bonds. The molecule has 0 saturated carbocycles. The van der Waals surface area contributed by atoms with Crippen LogP contribution in [0.15, 0.2) is 18.2 Å². The predicted molar refractivity (Wildman–Crippen MR) is 55.1 cm³/mol. The van der Waals surface area contributed by atoms with E-state index in [2.05, 4.69) is 5.32 Å². The molecule has 0 spiro atoms. The van der Waals surface area contributed by atoms with Crippen LogP contribution >= 0.6 is 0 Å². The van der Waals surface area contributed by atoms with Crippen molar-refractivity contribution < 1.29 is 14.3 Å². The summed E-state index contributed by atoms with van der Waals surface area (Å²) in [5.74, 6) is -1.45. The molecular formula is C11H11FN2O2. The number of carboxylic acids is 1. The molecule has 16 heavy (non-hydrogen) atoms. The van der Waals surface area contributed by atoms with Crippen LogP contribution in [0.2, 0.25) is 0 Å². The zero-order valence-electron chi connectivity index (χ0n) is 8.53. The zero-order valence-corrected chi connectivity index (χ0v) is 8.53. The van der Waals surface area contributed by atoms with E-state index in [1.54, 1.807) is 18.2 Å². The van der Waals surface area contributed by atoms with Crippen molar-refractivity contribution in [3.63, 3.8) is 0 Å². The van der Waals surface area contributed by atoms with Gasteiger partial charge in [0.1, 0.15) is 11.9 Å². The predicted octanol–water partition coefficient (Wildman–Crippen LogP) is 1.26. The van der Waals surface area contributed by atoms with Crippen molar-refractivity contribution in [2.45, 2.75) is 13.0 Å². The highest BCUT2D eigenvalue weighted by molar-refractivity contribution is 5.66. The minimum Gasteiger partial charge on any atom is -0.481 e. The normalized spacial score (nSPS) is 9.75. The molecule has 0 fully saturated rings. The lowest BCUT2D eigenvalue weighted by Gasteiger charge is -2.05. The summed E-state index contributed by atoms with van der Waals surface area (Å²) in [5.41, 5.74) is 0.363. The molecule has 84 valence electrons. The van der Waals surface area contributed by atoms with Crippen LogP contribution in [0.25, 0.3) is 0 Å². The summed E-state index contributed by atoms with van der Waals surface area (Å²) in [5, 5.41) is 19.8. The van der Waals surface area contributed by atoms with Crippen LogP contribution in [-0.2, 0) is 11.3 Å². The molecule has 0 aromatic heterocycles. The molecular weight excluding hydrogens is 211 g/mol. The molecule has 0 aliphatic heterocycles. The number of hydrogen-bond acceptors (Lipinski definition) is 3. The van der Waals surface area contributed by atoms with E-state index in [9.17, 15) is 9.18 Å². The first-order valence-electron chi connectivity index (χ1n) is 4.75. The van der Waals surface area contributed by atoms with E-state index < -0.39 is 11.8 Å². The molecule has 0 aliphatic rings. The van der Waals surface area contributed by atoms with Gasteiger partial charge in [-0.15, -0.1) is 0 Å². The number of aliphatic carboxylic acids is 1. The standard InChI is InChI=1S/C11H11FN2O2/c12-11-8(6-13)2-1-3-9(11)7-14-5-4-10(15)16/h1-3,14H,4-5,7H2,(H,15,16). The average molecular weight is 222 g/mol. The second-order valence-corrected chi connectivity index (χ2v) is 3.21. The molecule has 0 radical (unpaired) electrons. The maximum Gasteiger partial charge on any atom is 0.304 e. The number of rotatable bonds is 5. The Hall–Kier alpha value is -1.93. The van der Waals surface area contributed by atoms with Crippen LogP contribution in [0.1, 0.15) is 17.5 Å². The summed E-state index contributed by atoms with van der Waals surface area (Å²) in [6, 6.07) is 6.30. The van der Waals surface area contributed by atoms with Crippen molar-refractivity contribution in [3.8, 4) is 6.07 Å². The highest BCUT2D eigenvalue weighted by Crippen LogP contribution is 2.11. The maximum absolute atomic E-state index is 13.5. The molecule has 0 heterocycles. The second-order valence-electron chi connectivity index (χ2n) is 3.21. The molecule has 0 bridgehead atoms. The maximum atomic E-state index is 13.5. The molecule has 1 aromatic carbocycles. The number of benzene rings is 1. The highest BCUT2D eigenvalue weighted by Gasteiger charge is 2.06. The lowest BCUT2D eigenvalue weighted by Crippen LogP contribution is -2.18. The fraction of sp³-hybridized carbons (Fsp3) is 0.273. The van der Waals surface area contributed by atoms with Crippen molar-refractivity contribution in [2.24, 2.45) is 0 Å². The van der Waals surface area contributed by atoms with Crippen LogP contribution in [-0.4, -0.2) is 17.6 Å². The molecule has 0 atom stereocenters. The van der Waals surface area contributed by atoms with Crippen molar-refractivity contribution in [1.29, 1.82) is 5.26 Å². The number of carbonyl (C=O) groups is 1. The van der Waals surface area contributed by atoms with Gasteiger partial charge in [0.05, 0.1) is 12.0 Å². The number of hydrogen-bond donors (Lipinski definition) is 2. The van der Waals surface area contributed by atoms with Gasteiger partial charge in [-0.3, -0.25) is 4.79 Å². The third kappa shape index (κ3) is 3.33. The van der Waals surface area contributed by atoms with Crippen LogP contribution in [0, 0.1) is 17.1 Å². The Balaban J connectivity index is 2.55. The fourth-order valence-electron chi connectivity index (χ4n) is 1.22. The van der Waals surface area contributed by atoms with E-state index in [4.69, 9.17) is 10.4 Å². The number of nitrogens with zero attached hydrogens (tertiary/aromatic N) is 1. The van der Waals surface area contributed by atoms with Crippen molar-refractivity contribution >= 4 is 5.97 Å². The Labute approximate surface area is 92.3 Å². The second kappa shape index (κ2) is 5.83. The third-order valence-corrected chi connectivity index (χ3v) is 2.03. The average Bonchev–Trinajstić information content (AvgIpc) is 2.26. The summed E-state index contributed by atoms with van der Waals surface area (Å²) in [6.07, 6.45) is -0.0143. The Morgan fingerprint density at radius 3 is 2.94 bits per heavy atom. The number of halogens is 1. The zero-order chi connectivity index (χ0) is 12.0. The first-order chi connectivity index (χ1) is 7.65. The Morgan fingerprint density at radius 1 is 1.56 bits per heavy atom. The summed E-state index contributed by atoms with van der Waals surface area (Å²) in [7, 11) is 0. The molecule has 0 unspecified atom stereocenters. The molecule has 1 aromatic rings. The van der Waals surface area contributed by atoms with Gasteiger partial charge in [0.2, 0.25) is 0 Å². The monoisotopic (exact) mass is 222 g/mol. The van der Waals surface area contributed by atoms with Gasteiger partial charge in [0, 0.05) is 18.7 Å². The SMILES string of the molecule is N#Cc1cccc(CNCCC(=O)O)c1F. The van der Waals surface area contributed by atoms with Gasteiger partial charge < -0.3 is 10.4 Å². The van der Waals surface area contributed by atoms with E-state index >= 15 is 0 Å². The van der Waals surface area contributed by atoms with Crippen LogP contribution in [0.5, 0.6) is 0 Å². The molecule has 4 nitrogen and oxygen atoms in total. The van der Waals surface area contributed by atoms with E-state index in [0.29, 0.717) is 5.56 Å². The summed E-state index contributed by atoms with van der Waals surface area (Å²) >= 11 is 0. The summed E-state index contributed by atoms with van der Waals surface area (Å²) in [4.78, 5) is 10.2. The van der Waals surface area contributed by atoms with Gasteiger partial charge in [-0.1, -0.05) is 12.1 Å². The van der Waals surface area contributed by atoms with Crippen molar-refractivity contribution in [3.05, 3.63) is 35.1 Å². The van der Waals surface area contributed by atoms with Crippen molar-refractivity contribution in [2.75, 3.05) is 6.54 Å². The minimum absolute atomic E-state index is 0.00228. The van der Waals surface area contributed by atoms with E-state index in [1.165, 1.54) is 6.07 Å². The summed E-state index contributed by atoms with van der Waals surface area (Å²) in [6.45, 7) is 0.486. The van der Waals surface area contributed by atoms with Gasteiger partial charge in [-0.25, -0.2) is 4.39 Å².